The van der Waals surface area contributed by atoms with Crippen LogP contribution in [0.2, 0.25) is 0 Å². The van der Waals surface area contributed by atoms with Crippen molar-refractivity contribution in [2.75, 3.05) is 0 Å². The fraction of sp³-hybridized carbons (Fsp3) is 0.294. The summed E-state index contributed by atoms with van der Waals surface area (Å²) in [5, 5.41) is 38.2. The summed E-state index contributed by atoms with van der Waals surface area (Å²) in [6, 6.07) is 5.59. The van der Waals surface area contributed by atoms with E-state index in [9.17, 15) is 25.3 Å². The van der Waals surface area contributed by atoms with Crippen LogP contribution in [0.15, 0.2) is 33.2 Å². The van der Waals surface area contributed by atoms with Gasteiger partial charge in [0.2, 0.25) is 5.88 Å². The van der Waals surface area contributed by atoms with Crippen molar-refractivity contribution in [2.45, 2.75) is 33.7 Å². The summed E-state index contributed by atoms with van der Waals surface area (Å²) in [4.78, 5) is 23.0. The van der Waals surface area contributed by atoms with Crippen molar-refractivity contribution >= 4 is 17.1 Å². The summed E-state index contributed by atoms with van der Waals surface area (Å²) in [5.41, 5.74) is 0.159. The van der Waals surface area contributed by atoms with E-state index in [4.69, 9.17) is 0 Å². The molecule has 0 aliphatic rings. The predicted molar refractivity (Wildman–Crippen MR) is 94.2 cm³/mol. The maximum atomic E-state index is 12.6. The fourth-order valence-electron chi connectivity index (χ4n) is 2.43. The van der Waals surface area contributed by atoms with Crippen LogP contribution in [0.5, 0.6) is 5.88 Å². The summed E-state index contributed by atoms with van der Waals surface area (Å²) < 4.78 is 1.06. The largest absolute Gasteiger partial charge is 0.493 e. The lowest BCUT2D eigenvalue weighted by atomic mass is 10.1. The Morgan fingerprint density at radius 1 is 1.31 bits per heavy atom. The fourth-order valence-corrected chi connectivity index (χ4v) is 2.43. The normalized spacial score (nSPS) is 11.1. The Bertz CT molecular complexity index is 1020. The molecule has 2 rings (SSSR count). The Morgan fingerprint density at radius 2 is 1.96 bits per heavy atom. The molecular formula is C17H17N5O4. The standard InChI is InChI=1S/C17H17N5O4/c1-9(2)21-16(23)13(8-18)11(4)15(17(21)24)20-19-14-7-12(22(25)26)6-5-10(14)3/h5-7,9,23H,1-4H3. The monoisotopic (exact) mass is 355 g/mol. The molecule has 9 heteroatoms. The Labute approximate surface area is 149 Å². The molecule has 0 bridgehead atoms. The Hall–Kier alpha value is -3.54. The van der Waals surface area contributed by atoms with Crippen LogP contribution < -0.4 is 5.56 Å². The first-order chi connectivity index (χ1) is 12.2. The Morgan fingerprint density at radius 3 is 2.50 bits per heavy atom. The molecule has 0 amide bonds. The molecule has 1 aromatic carbocycles. The van der Waals surface area contributed by atoms with E-state index in [-0.39, 0.29) is 28.2 Å². The maximum Gasteiger partial charge on any atom is 0.281 e. The van der Waals surface area contributed by atoms with E-state index in [0.717, 1.165) is 4.57 Å². The number of rotatable bonds is 4. The lowest BCUT2D eigenvalue weighted by Crippen LogP contribution is -2.23. The van der Waals surface area contributed by atoms with Crippen LogP contribution in [-0.2, 0) is 0 Å². The number of nitro benzene ring substituents is 1. The third-order valence-electron chi connectivity index (χ3n) is 3.89. The number of azo groups is 1. The molecular weight excluding hydrogens is 338 g/mol. The molecule has 0 atom stereocenters. The first-order valence-corrected chi connectivity index (χ1v) is 7.74. The van der Waals surface area contributed by atoms with E-state index in [1.807, 2.05) is 6.07 Å². The van der Waals surface area contributed by atoms with Crippen LogP contribution in [0.3, 0.4) is 0 Å². The smallest absolute Gasteiger partial charge is 0.281 e. The molecule has 1 N–H and O–H groups in total. The minimum Gasteiger partial charge on any atom is -0.493 e. The zero-order valence-electron chi connectivity index (χ0n) is 14.7. The van der Waals surface area contributed by atoms with Gasteiger partial charge in [-0.1, -0.05) is 6.07 Å². The topological polar surface area (TPSA) is 134 Å². The number of hydrogen-bond donors (Lipinski definition) is 1. The second-order valence-corrected chi connectivity index (χ2v) is 5.98. The van der Waals surface area contributed by atoms with Gasteiger partial charge in [-0.05, 0) is 33.3 Å². The number of non-ortho nitro benzene ring substituents is 1. The van der Waals surface area contributed by atoms with E-state index in [1.165, 1.54) is 25.1 Å². The Balaban J connectivity index is 2.68. The third kappa shape index (κ3) is 3.30. The molecule has 134 valence electrons. The van der Waals surface area contributed by atoms with Crippen LogP contribution in [-0.4, -0.2) is 14.6 Å². The Kier molecular flexibility index (Phi) is 5.16. The average molecular weight is 355 g/mol. The highest BCUT2D eigenvalue weighted by molar-refractivity contribution is 5.58. The van der Waals surface area contributed by atoms with E-state index in [2.05, 4.69) is 10.2 Å². The molecule has 0 saturated carbocycles. The second kappa shape index (κ2) is 7.14. The first-order valence-electron chi connectivity index (χ1n) is 7.74. The molecule has 0 radical (unpaired) electrons. The molecule has 0 unspecified atom stereocenters. The van der Waals surface area contributed by atoms with Gasteiger partial charge in [0.05, 0.1) is 10.6 Å². The van der Waals surface area contributed by atoms with Gasteiger partial charge in [0.1, 0.15) is 11.6 Å². The van der Waals surface area contributed by atoms with Crippen molar-refractivity contribution < 1.29 is 10.0 Å². The maximum absolute atomic E-state index is 12.6. The molecule has 0 aliphatic carbocycles. The lowest BCUT2D eigenvalue weighted by molar-refractivity contribution is -0.384. The SMILES string of the molecule is Cc1ccc([N+](=O)[O-])cc1N=Nc1c(C)c(C#N)c(O)n(C(C)C)c1=O. The molecule has 1 heterocycles. The van der Waals surface area contributed by atoms with Gasteiger partial charge >= 0.3 is 0 Å². The number of hydrogen-bond acceptors (Lipinski definition) is 7. The van der Waals surface area contributed by atoms with Crippen LogP contribution in [0.4, 0.5) is 17.1 Å². The number of nitro groups is 1. The van der Waals surface area contributed by atoms with E-state index in [1.54, 1.807) is 20.8 Å². The number of nitriles is 1. The lowest BCUT2D eigenvalue weighted by Gasteiger charge is -2.15. The van der Waals surface area contributed by atoms with Gasteiger partial charge in [-0.3, -0.25) is 19.5 Å². The number of pyridine rings is 1. The van der Waals surface area contributed by atoms with Crippen LogP contribution in [0.25, 0.3) is 0 Å². The molecule has 2 aromatic rings. The summed E-state index contributed by atoms with van der Waals surface area (Å²) in [6.45, 7) is 6.56. The van der Waals surface area contributed by atoms with Gasteiger partial charge in [0.15, 0.2) is 5.69 Å². The summed E-state index contributed by atoms with van der Waals surface area (Å²) >= 11 is 0. The van der Waals surface area contributed by atoms with Gasteiger partial charge in [-0.15, -0.1) is 10.2 Å². The summed E-state index contributed by atoms with van der Waals surface area (Å²) in [7, 11) is 0. The predicted octanol–water partition coefficient (Wildman–Crippen LogP) is 3.95. The van der Waals surface area contributed by atoms with Gasteiger partial charge in [-0.25, -0.2) is 0 Å². The minimum absolute atomic E-state index is 0.0667. The molecule has 9 nitrogen and oxygen atoms in total. The summed E-state index contributed by atoms with van der Waals surface area (Å²) in [5.74, 6) is -0.421. The number of aromatic hydroxyl groups is 1. The van der Waals surface area contributed by atoms with Crippen molar-refractivity contribution in [2.24, 2.45) is 10.2 Å². The average Bonchev–Trinajstić information content (AvgIpc) is 2.55. The quantitative estimate of drug-likeness (QED) is 0.503. The van der Waals surface area contributed by atoms with Crippen LogP contribution in [0, 0.1) is 35.3 Å². The van der Waals surface area contributed by atoms with Crippen molar-refractivity contribution in [1.82, 2.24) is 4.57 Å². The molecule has 1 aromatic heterocycles. The van der Waals surface area contributed by atoms with Crippen molar-refractivity contribution in [3.63, 3.8) is 0 Å². The highest BCUT2D eigenvalue weighted by atomic mass is 16.6. The first kappa shape index (κ1) is 18.8. The van der Waals surface area contributed by atoms with Gasteiger partial charge in [0.25, 0.3) is 11.2 Å². The molecule has 0 spiro atoms. The molecule has 0 fully saturated rings. The van der Waals surface area contributed by atoms with Gasteiger partial charge in [-0.2, -0.15) is 5.26 Å². The third-order valence-corrected chi connectivity index (χ3v) is 3.89. The zero-order valence-corrected chi connectivity index (χ0v) is 14.7. The van der Waals surface area contributed by atoms with Gasteiger partial charge in [0, 0.05) is 23.7 Å². The highest BCUT2D eigenvalue weighted by Gasteiger charge is 2.20. The molecule has 0 saturated heterocycles. The second-order valence-electron chi connectivity index (χ2n) is 5.98. The number of benzene rings is 1. The van der Waals surface area contributed by atoms with E-state index >= 15 is 0 Å². The van der Waals surface area contributed by atoms with Gasteiger partial charge < -0.3 is 5.11 Å². The van der Waals surface area contributed by atoms with Crippen molar-refractivity contribution in [1.29, 1.82) is 5.26 Å². The van der Waals surface area contributed by atoms with E-state index < -0.39 is 22.4 Å². The van der Waals surface area contributed by atoms with Crippen molar-refractivity contribution in [3.05, 3.63) is 55.4 Å². The zero-order chi connectivity index (χ0) is 19.6. The van der Waals surface area contributed by atoms with Crippen LogP contribution in [0.1, 0.15) is 36.6 Å². The number of aryl methyl sites for hydroxylation is 1. The molecule has 0 aliphatic heterocycles. The highest BCUT2D eigenvalue weighted by Crippen LogP contribution is 2.30. The van der Waals surface area contributed by atoms with Crippen molar-refractivity contribution in [3.8, 4) is 11.9 Å². The number of nitrogens with zero attached hydrogens (tertiary/aromatic N) is 5. The molecule has 26 heavy (non-hydrogen) atoms. The summed E-state index contributed by atoms with van der Waals surface area (Å²) in [6.07, 6.45) is 0. The van der Waals surface area contributed by atoms with E-state index in [0.29, 0.717) is 5.56 Å². The number of aromatic nitrogens is 1. The minimum atomic E-state index is -0.596. The van der Waals surface area contributed by atoms with Crippen LogP contribution >= 0.6 is 0 Å².